The fraction of sp³-hybridized carbons (Fsp3) is 0.0556. The maximum atomic E-state index is 13.4. The highest BCUT2D eigenvalue weighted by molar-refractivity contribution is 7.87. The second kappa shape index (κ2) is 10.3. The largest absolute Gasteiger partial charge is 0.381 e. The first kappa shape index (κ1) is 29.1. The average molecular weight is 662 g/mol. The smallest absolute Gasteiger partial charge is 0.351 e. The van der Waals surface area contributed by atoms with Gasteiger partial charge in [-0.1, -0.05) is 97.1 Å². The normalized spacial score (nSPS) is 13.3. The third-order valence-corrected chi connectivity index (χ3v) is 11.2. The zero-order chi connectivity index (χ0) is 32.7. The van der Waals surface area contributed by atoms with Crippen molar-refractivity contribution in [3.05, 3.63) is 109 Å². The average Bonchev–Trinajstić information content (AvgIpc) is 3.05. The molecule has 232 valence electrons. The molecule has 0 aliphatic rings. The Morgan fingerprint density at radius 2 is 0.915 bits per heavy atom. The van der Waals surface area contributed by atoms with Crippen LogP contribution in [0.25, 0.3) is 64.6 Å². The second-order valence-electron chi connectivity index (χ2n) is 11.4. The molecule has 47 heavy (non-hydrogen) atoms. The van der Waals surface area contributed by atoms with Crippen molar-refractivity contribution in [3.8, 4) is 0 Å². The van der Waals surface area contributed by atoms with Crippen LogP contribution in [0.3, 0.4) is 0 Å². The molecule has 8 rings (SSSR count). The molecule has 0 radical (unpaired) electrons. The van der Waals surface area contributed by atoms with E-state index < -0.39 is 44.6 Å². The van der Waals surface area contributed by atoms with Gasteiger partial charge in [0.2, 0.25) is 5.90 Å². The van der Waals surface area contributed by atoms with Gasteiger partial charge in [0.1, 0.15) is 9.79 Å². The Kier molecular flexibility index (Phi) is 6.39. The molecule has 0 fully saturated rings. The first-order valence-corrected chi connectivity index (χ1v) is 17.3. The van der Waals surface area contributed by atoms with E-state index in [2.05, 4.69) is 0 Å². The van der Waals surface area contributed by atoms with Crippen LogP contribution in [0.2, 0.25) is 0 Å². The van der Waals surface area contributed by atoms with E-state index in [1.807, 2.05) is 60.7 Å². The van der Waals surface area contributed by atoms with Crippen molar-refractivity contribution in [2.45, 2.75) is 22.3 Å². The Labute approximate surface area is 268 Å². The van der Waals surface area contributed by atoms with E-state index in [1.165, 1.54) is 12.1 Å². The van der Waals surface area contributed by atoms with Gasteiger partial charge in [-0.15, -0.1) is 0 Å². The van der Waals surface area contributed by atoms with Crippen LogP contribution in [-0.2, 0) is 33.4 Å². The molecule has 0 aromatic heterocycles. The molecule has 0 heterocycles. The SMILES string of the molecule is N=C(CC(O)C(=O)OS(=O)(=O)c1ccc2ccc3cccc4ccc1c2c34)OS(=O)(=O)c1ccc2ccc3cccc4ccc1c2c34. The number of hydrogen-bond donors (Lipinski definition) is 2. The lowest BCUT2D eigenvalue weighted by atomic mass is 9.94. The predicted octanol–water partition coefficient (Wildman–Crippen LogP) is 6.85. The molecule has 8 aromatic rings. The third-order valence-electron chi connectivity index (χ3n) is 8.57. The number of carbonyl (C=O) groups excluding carboxylic acids is 1. The van der Waals surface area contributed by atoms with Gasteiger partial charge >= 0.3 is 26.2 Å². The van der Waals surface area contributed by atoms with E-state index in [-0.39, 0.29) is 9.79 Å². The van der Waals surface area contributed by atoms with Gasteiger partial charge in [0.05, 0.1) is 6.42 Å². The van der Waals surface area contributed by atoms with Crippen molar-refractivity contribution >= 4 is 96.7 Å². The van der Waals surface area contributed by atoms with Crippen LogP contribution in [-0.4, -0.2) is 39.9 Å². The Balaban J connectivity index is 1.04. The Morgan fingerprint density at radius 3 is 1.36 bits per heavy atom. The minimum absolute atomic E-state index is 0.193. The highest BCUT2D eigenvalue weighted by Gasteiger charge is 2.31. The molecule has 0 bridgehead atoms. The Bertz CT molecular complexity index is 2780. The number of nitrogens with one attached hydrogen (secondary N) is 1. The molecule has 2 N–H and O–H groups in total. The lowest BCUT2D eigenvalue weighted by molar-refractivity contribution is -0.142. The van der Waals surface area contributed by atoms with Crippen LogP contribution < -0.4 is 0 Å². The highest BCUT2D eigenvalue weighted by atomic mass is 32.2. The maximum absolute atomic E-state index is 13.4. The summed E-state index contributed by atoms with van der Waals surface area (Å²) in [7, 11) is -9.32. The molecule has 1 atom stereocenters. The summed E-state index contributed by atoms with van der Waals surface area (Å²) in [6, 6.07) is 32.0. The Morgan fingerprint density at radius 1 is 0.553 bits per heavy atom. The zero-order valence-electron chi connectivity index (χ0n) is 24.3. The van der Waals surface area contributed by atoms with E-state index >= 15 is 0 Å². The fourth-order valence-electron chi connectivity index (χ4n) is 6.53. The first-order chi connectivity index (χ1) is 22.5. The summed E-state index contributed by atoms with van der Waals surface area (Å²) in [4.78, 5) is 12.3. The molecule has 0 aliphatic heterocycles. The molecule has 0 saturated carbocycles. The van der Waals surface area contributed by atoms with Crippen molar-refractivity contribution in [2.75, 3.05) is 0 Å². The third kappa shape index (κ3) is 4.62. The monoisotopic (exact) mass is 661 g/mol. The summed E-state index contributed by atoms with van der Waals surface area (Å²) in [5, 5.41) is 27.8. The van der Waals surface area contributed by atoms with E-state index in [0.717, 1.165) is 48.5 Å². The van der Waals surface area contributed by atoms with Crippen LogP contribution in [0.4, 0.5) is 0 Å². The summed E-state index contributed by atoms with van der Waals surface area (Å²) in [5.41, 5.74) is 0. The van der Waals surface area contributed by atoms with E-state index in [1.54, 1.807) is 36.4 Å². The van der Waals surface area contributed by atoms with Crippen molar-refractivity contribution < 1.29 is 35.1 Å². The van der Waals surface area contributed by atoms with Crippen LogP contribution in [0.1, 0.15) is 6.42 Å². The summed E-state index contributed by atoms with van der Waals surface area (Å²) in [6.07, 6.45) is -3.15. The van der Waals surface area contributed by atoms with Crippen molar-refractivity contribution in [1.82, 2.24) is 0 Å². The van der Waals surface area contributed by atoms with Gasteiger partial charge in [-0.2, -0.15) is 16.8 Å². The van der Waals surface area contributed by atoms with E-state index in [0.29, 0.717) is 16.2 Å². The molecule has 0 aliphatic carbocycles. The number of rotatable bonds is 7. The van der Waals surface area contributed by atoms with Crippen molar-refractivity contribution in [1.29, 1.82) is 5.41 Å². The van der Waals surface area contributed by atoms with Gasteiger partial charge in [-0.3, -0.25) is 5.41 Å². The highest BCUT2D eigenvalue weighted by Crippen LogP contribution is 2.39. The minimum atomic E-state index is -4.73. The molecule has 0 spiro atoms. The number of benzene rings is 8. The zero-order valence-corrected chi connectivity index (χ0v) is 25.9. The maximum Gasteiger partial charge on any atom is 0.351 e. The quantitative estimate of drug-likeness (QED) is 0.0816. The number of aliphatic hydroxyl groups excluding tert-OH is 1. The lowest BCUT2D eigenvalue weighted by Crippen LogP contribution is -2.29. The van der Waals surface area contributed by atoms with Crippen LogP contribution in [0.5, 0.6) is 0 Å². The first-order valence-electron chi connectivity index (χ1n) is 14.5. The van der Waals surface area contributed by atoms with E-state index in [4.69, 9.17) is 13.8 Å². The molecule has 0 saturated heterocycles. The molecular formula is C36H23NO8S2. The van der Waals surface area contributed by atoms with Gasteiger partial charge in [-0.25, -0.2) is 4.79 Å². The molecule has 8 aromatic carbocycles. The van der Waals surface area contributed by atoms with Crippen molar-refractivity contribution in [3.63, 3.8) is 0 Å². The lowest BCUT2D eigenvalue weighted by Gasteiger charge is -2.16. The van der Waals surface area contributed by atoms with Crippen molar-refractivity contribution in [2.24, 2.45) is 0 Å². The van der Waals surface area contributed by atoms with Crippen LogP contribution in [0.15, 0.2) is 119 Å². The topological polar surface area (TPSA) is 148 Å². The van der Waals surface area contributed by atoms with Gasteiger partial charge in [-0.05, 0) is 66.0 Å². The fourth-order valence-corrected chi connectivity index (χ4v) is 8.72. The molecule has 0 amide bonds. The Hall–Kier alpha value is -5.36. The second-order valence-corrected chi connectivity index (χ2v) is 14.4. The molecular weight excluding hydrogens is 639 g/mol. The summed E-state index contributed by atoms with van der Waals surface area (Å²) >= 11 is 0. The van der Waals surface area contributed by atoms with Gasteiger partial charge in [0, 0.05) is 10.8 Å². The summed E-state index contributed by atoms with van der Waals surface area (Å²) < 4.78 is 63.2. The standard InChI is InChI=1S/C36H23NO8S2/c37-31(44-46(40,41)29-17-13-24-9-7-20-3-1-5-22-11-15-26(29)34(24)32(20)22)19-28(38)36(39)45-47(42,43)30-18-14-25-10-8-21-4-2-6-23-12-16-27(30)35(25)33(21)23/h1-18,28,37-38H,19H2. The van der Waals surface area contributed by atoms with E-state index in [9.17, 15) is 26.7 Å². The molecule has 9 nitrogen and oxygen atoms in total. The molecule has 1 unspecified atom stereocenters. The number of aliphatic hydroxyl groups is 1. The van der Waals surface area contributed by atoms with Gasteiger partial charge in [0.25, 0.3) is 0 Å². The number of carbonyl (C=O) groups is 1. The van der Waals surface area contributed by atoms with Crippen LogP contribution >= 0.6 is 0 Å². The number of hydrogen-bond acceptors (Lipinski definition) is 9. The predicted molar refractivity (Wildman–Crippen MR) is 180 cm³/mol. The van der Waals surface area contributed by atoms with Gasteiger partial charge < -0.3 is 13.5 Å². The van der Waals surface area contributed by atoms with Crippen LogP contribution in [0, 0.1) is 5.41 Å². The summed E-state index contributed by atoms with van der Waals surface area (Å²) in [5.74, 6) is -2.55. The molecule has 11 heteroatoms. The minimum Gasteiger partial charge on any atom is -0.381 e. The van der Waals surface area contributed by atoms with Gasteiger partial charge in [0.15, 0.2) is 6.10 Å². The summed E-state index contributed by atoms with van der Waals surface area (Å²) in [6.45, 7) is 0.